The number of anilines is 4. The number of hydrogen-bond donors (Lipinski definition) is 3. The summed E-state index contributed by atoms with van der Waals surface area (Å²) in [6, 6.07) is 10.9. The Labute approximate surface area is 234 Å². The molecule has 2 amide bonds. The highest BCUT2D eigenvalue weighted by atomic mass is 35.5. The number of amides is 2. The summed E-state index contributed by atoms with van der Waals surface area (Å²) in [5.41, 5.74) is 13.6. The van der Waals surface area contributed by atoms with Gasteiger partial charge in [0.05, 0.1) is 5.69 Å². The number of hydrogen-bond acceptors (Lipinski definition) is 9. The molecule has 3 aromatic heterocycles. The van der Waals surface area contributed by atoms with Gasteiger partial charge in [0, 0.05) is 12.7 Å². The fourth-order valence-corrected chi connectivity index (χ4v) is 3.93. The van der Waals surface area contributed by atoms with Crippen LogP contribution in [0.3, 0.4) is 0 Å². The summed E-state index contributed by atoms with van der Waals surface area (Å²) in [5.74, 6) is -0.762. The first-order valence-electron chi connectivity index (χ1n) is 11.7. The second-order valence-electron chi connectivity index (χ2n) is 9.49. The number of nitrogens with two attached hydrogens (primary N) is 2. The molecular formula is C26H25Cl2N9O2. The summed E-state index contributed by atoms with van der Waals surface area (Å²) >= 11 is 12.3. The summed E-state index contributed by atoms with van der Waals surface area (Å²) in [7, 11) is 0. The molecule has 1 aromatic carbocycles. The van der Waals surface area contributed by atoms with Gasteiger partial charge in [0.15, 0.2) is 11.4 Å². The predicted octanol–water partition coefficient (Wildman–Crippen LogP) is 4.34. The number of benzene rings is 1. The van der Waals surface area contributed by atoms with Crippen LogP contribution in [-0.2, 0) is 12.0 Å². The number of carbonyl (C=O) groups excluding carboxylic acids is 2. The van der Waals surface area contributed by atoms with E-state index in [0.717, 1.165) is 11.9 Å². The van der Waals surface area contributed by atoms with Gasteiger partial charge in [-0.1, -0.05) is 62.2 Å². The Balaban J connectivity index is 1.63. The van der Waals surface area contributed by atoms with Gasteiger partial charge in [-0.2, -0.15) is 0 Å². The van der Waals surface area contributed by atoms with Crippen LogP contribution in [-0.4, -0.2) is 36.7 Å². The summed E-state index contributed by atoms with van der Waals surface area (Å²) in [4.78, 5) is 47.6. The molecule has 4 rings (SSSR count). The third kappa shape index (κ3) is 6.05. The van der Waals surface area contributed by atoms with Gasteiger partial charge < -0.3 is 16.8 Å². The Morgan fingerprint density at radius 3 is 2.00 bits per heavy atom. The lowest BCUT2D eigenvalue weighted by Crippen LogP contribution is -2.29. The van der Waals surface area contributed by atoms with Gasteiger partial charge in [-0.05, 0) is 34.7 Å². The lowest BCUT2D eigenvalue weighted by molar-refractivity contribution is 0.0945. The quantitative estimate of drug-likeness (QED) is 0.308. The molecule has 0 saturated carbocycles. The van der Waals surface area contributed by atoms with Crippen LogP contribution < -0.4 is 21.7 Å². The topological polar surface area (TPSA) is 166 Å². The number of aromatic nitrogens is 5. The standard InChI is InChI=1S/C26H25Cl2N9O2/c1-26(2,3)15-5-7-16(8-6-15)37(25(39)21-19(28)23(30)36-13-34-21)17-9-4-14(10-31-17)11-32-24(38)20-18(27)22(29)35-12-33-20/h4-10,12-13H,11H2,1-3H3,(H,32,38)(H2,29,33,35)(H2,30,34,36). The van der Waals surface area contributed by atoms with Crippen molar-refractivity contribution in [3.63, 3.8) is 0 Å². The summed E-state index contributed by atoms with van der Waals surface area (Å²) in [6.07, 6.45) is 3.86. The van der Waals surface area contributed by atoms with Crippen molar-refractivity contribution >= 4 is 58.2 Å². The molecule has 0 spiro atoms. The number of rotatable bonds is 6. The first kappa shape index (κ1) is 27.7. The van der Waals surface area contributed by atoms with Crippen molar-refractivity contribution in [1.29, 1.82) is 0 Å². The molecule has 0 unspecified atom stereocenters. The monoisotopic (exact) mass is 565 g/mol. The van der Waals surface area contributed by atoms with E-state index in [1.807, 2.05) is 24.3 Å². The molecule has 0 saturated heterocycles. The van der Waals surface area contributed by atoms with Gasteiger partial charge >= 0.3 is 0 Å². The fourth-order valence-electron chi connectivity index (χ4n) is 3.56. The van der Waals surface area contributed by atoms with Crippen LogP contribution >= 0.6 is 23.2 Å². The zero-order valence-electron chi connectivity index (χ0n) is 21.3. The summed E-state index contributed by atoms with van der Waals surface area (Å²) in [5, 5.41) is 2.63. The molecule has 200 valence electrons. The van der Waals surface area contributed by atoms with E-state index in [9.17, 15) is 9.59 Å². The minimum Gasteiger partial charge on any atom is -0.382 e. The van der Waals surface area contributed by atoms with E-state index in [0.29, 0.717) is 17.1 Å². The second-order valence-corrected chi connectivity index (χ2v) is 10.2. The van der Waals surface area contributed by atoms with Gasteiger partial charge in [-0.15, -0.1) is 0 Å². The van der Waals surface area contributed by atoms with Crippen molar-refractivity contribution in [2.75, 3.05) is 16.4 Å². The van der Waals surface area contributed by atoms with Crippen LogP contribution in [0, 0.1) is 0 Å². The summed E-state index contributed by atoms with van der Waals surface area (Å²) in [6.45, 7) is 6.41. The predicted molar refractivity (Wildman–Crippen MR) is 150 cm³/mol. The maximum atomic E-state index is 13.7. The summed E-state index contributed by atoms with van der Waals surface area (Å²) < 4.78 is 0. The van der Waals surface area contributed by atoms with E-state index in [1.54, 1.807) is 12.1 Å². The highest BCUT2D eigenvalue weighted by molar-refractivity contribution is 6.36. The number of pyridine rings is 1. The first-order chi connectivity index (χ1) is 18.5. The molecule has 13 heteroatoms. The van der Waals surface area contributed by atoms with Crippen LogP contribution in [0.2, 0.25) is 10.0 Å². The number of nitrogens with zero attached hydrogens (tertiary/aromatic N) is 6. The zero-order chi connectivity index (χ0) is 28.3. The molecule has 5 N–H and O–H groups in total. The number of halogens is 2. The van der Waals surface area contributed by atoms with Gasteiger partial charge in [0.2, 0.25) is 0 Å². The Morgan fingerprint density at radius 1 is 0.846 bits per heavy atom. The lowest BCUT2D eigenvalue weighted by Gasteiger charge is -2.24. The van der Waals surface area contributed by atoms with Gasteiger partial charge in [-0.3, -0.25) is 14.5 Å². The third-order valence-electron chi connectivity index (χ3n) is 5.74. The van der Waals surface area contributed by atoms with E-state index < -0.39 is 11.8 Å². The molecule has 0 aliphatic rings. The normalized spacial score (nSPS) is 11.2. The Bertz CT molecular complexity index is 1520. The van der Waals surface area contributed by atoms with Crippen LogP contribution in [0.25, 0.3) is 0 Å². The highest BCUT2D eigenvalue weighted by Gasteiger charge is 2.26. The zero-order valence-corrected chi connectivity index (χ0v) is 22.8. The second kappa shape index (κ2) is 11.2. The van der Waals surface area contributed by atoms with Crippen LogP contribution in [0.4, 0.5) is 23.1 Å². The molecule has 0 fully saturated rings. The molecule has 0 atom stereocenters. The largest absolute Gasteiger partial charge is 0.382 e. The van der Waals surface area contributed by atoms with Crippen molar-refractivity contribution < 1.29 is 9.59 Å². The molecule has 0 bridgehead atoms. The van der Waals surface area contributed by atoms with Crippen LogP contribution in [0.15, 0.2) is 55.2 Å². The fraction of sp³-hybridized carbons (Fsp3) is 0.192. The third-order valence-corrected chi connectivity index (χ3v) is 6.48. The molecule has 11 nitrogen and oxygen atoms in total. The lowest BCUT2D eigenvalue weighted by atomic mass is 9.87. The average molecular weight is 566 g/mol. The van der Waals surface area contributed by atoms with Gasteiger partial charge in [-0.25, -0.2) is 24.9 Å². The van der Waals surface area contributed by atoms with Crippen molar-refractivity contribution in [3.05, 3.63) is 87.8 Å². The van der Waals surface area contributed by atoms with E-state index in [-0.39, 0.29) is 45.0 Å². The van der Waals surface area contributed by atoms with E-state index >= 15 is 0 Å². The number of nitrogen functional groups attached to an aromatic ring is 2. The molecule has 3 heterocycles. The molecule has 0 aliphatic heterocycles. The number of nitrogens with one attached hydrogen (secondary N) is 1. The first-order valence-corrected chi connectivity index (χ1v) is 12.4. The Kier molecular flexibility index (Phi) is 7.93. The van der Waals surface area contributed by atoms with Crippen molar-refractivity contribution in [1.82, 2.24) is 30.2 Å². The van der Waals surface area contributed by atoms with Crippen molar-refractivity contribution in [2.45, 2.75) is 32.7 Å². The van der Waals surface area contributed by atoms with Gasteiger partial charge in [0.1, 0.15) is 40.2 Å². The maximum absolute atomic E-state index is 13.7. The minimum absolute atomic E-state index is 0.00803. The number of carbonyl (C=O) groups is 2. The molecule has 39 heavy (non-hydrogen) atoms. The van der Waals surface area contributed by atoms with E-state index in [2.05, 4.69) is 51.0 Å². The Morgan fingerprint density at radius 2 is 1.44 bits per heavy atom. The molecule has 0 radical (unpaired) electrons. The molecular weight excluding hydrogens is 541 g/mol. The smallest absolute Gasteiger partial charge is 0.284 e. The minimum atomic E-state index is -0.540. The van der Waals surface area contributed by atoms with Crippen LogP contribution in [0.1, 0.15) is 52.9 Å². The SMILES string of the molecule is CC(C)(C)c1ccc(N(C(=O)c2ncnc(N)c2Cl)c2ccc(CNC(=O)c3ncnc(N)c3Cl)cn2)cc1. The van der Waals surface area contributed by atoms with Crippen molar-refractivity contribution in [3.8, 4) is 0 Å². The highest BCUT2D eigenvalue weighted by Crippen LogP contribution is 2.31. The molecule has 0 aliphatic carbocycles. The van der Waals surface area contributed by atoms with Crippen molar-refractivity contribution in [2.24, 2.45) is 0 Å². The van der Waals surface area contributed by atoms with E-state index in [1.165, 1.54) is 17.4 Å². The van der Waals surface area contributed by atoms with Crippen LogP contribution in [0.5, 0.6) is 0 Å². The Hall–Kier alpha value is -4.35. The average Bonchev–Trinajstić information content (AvgIpc) is 2.91. The molecule has 4 aromatic rings. The maximum Gasteiger partial charge on any atom is 0.284 e. The van der Waals surface area contributed by atoms with E-state index in [4.69, 9.17) is 34.7 Å². The van der Waals surface area contributed by atoms with Gasteiger partial charge in [0.25, 0.3) is 11.8 Å².